The van der Waals surface area contributed by atoms with E-state index < -0.39 is 0 Å². The summed E-state index contributed by atoms with van der Waals surface area (Å²) in [5.41, 5.74) is 2.62. The first-order chi connectivity index (χ1) is 9.13. The molecule has 0 bridgehead atoms. The van der Waals surface area contributed by atoms with Crippen LogP contribution in [0.2, 0.25) is 10.0 Å². The smallest absolute Gasteiger partial charge is 0.231 e. The topological polar surface area (TPSA) is 33.2 Å². The number of nitrogens with zero attached hydrogens (tertiary/aromatic N) is 2. The van der Waals surface area contributed by atoms with E-state index in [2.05, 4.69) is 4.98 Å². The lowest BCUT2D eigenvalue weighted by Crippen LogP contribution is -2.26. The van der Waals surface area contributed by atoms with Crippen LogP contribution in [0.4, 0.5) is 5.69 Å². The average Bonchev–Trinajstić information content (AvgIpc) is 2.66. The van der Waals surface area contributed by atoms with E-state index in [1.54, 1.807) is 29.3 Å². The molecule has 19 heavy (non-hydrogen) atoms. The van der Waals surface area contributed by atoms with Gasteiger partial charge in [-0.05, 0) is 29.8 Å². The molecule has 1 aromatic heterocycles. The molecule has 3 nitrogen and oxygen atoms in total. The van der Waals surface area contributed by atoms with Gasteiger partial charge in [-0.1, -0.05) is 29.3 Å². The van der Waals surface area contributed by atoms with E-state index in [1.165, 1.54) is 0 Å². The van der Waals surface area contributed by atoms with Gasteiger partial charge in [-0.15, -0.1) is 0 Å². The molecule has 0 spiro atoms. The normalized spacial score (nSPS) is 13.8. The van der Waals surface area contributed by atoms with Crippen molar-refractivity contribution in [3.8, 4) is 0 Å². The van der Waals surface area contributed by atoms with Crippen LogP contribution < -0.4 is 4.90 Å². The molecule has 0 atom stereocenters. The number of hydrogen-bond acceptors (Lipinski definition) is 2. The molecule has 0 N–H and O–H groups in total. The van der Waals surface area contributed by atoms with Crippen LogP contribution in [0.15, 0.2) is 36.5 Å². The van der Waals surface area contributed by atoms with Crippen LogP contribution in [0.3, 0.4) is 0 Å². The molecule has 1 amide bonds. The fraction of sp³-hybridized carbons (Fsp3) is 0.143. The van der Waals surface area contributed by atoms with Crippen molar-refractivity contribution in [2.45, 2.75) is 13.0 Å². The molecule has 0 unspecified atom stereocenters. The summed E-state index contributed by atoms with van der Waals surface area (Å²) in [5.74, 6) is 0.0547. The van der Waals surface area contributed by atoms with E-state index in [0.717, 1.165) is 16.9 Å². The number of anilines is 1. The van der Waals surface area contributed by atoms with Gasteiger partial charge < -0.3 is 4.90 Å². The highest BCUT2D eigenvalue weighted by atomic mass is 35.5. The van der Waals surface area contributed by atoms with Gasteiger partial charge in [-0.2, -0.15) is 0 Å². The van der Waals surface area contributed by atoms with E-state index in [1.807, 2.05) is 12.1 Å². The molecule has 0 saturated carbocycles. The Morgan fingerprint density at radius 2 is 1.95 bits per heavy atom. The monoisotopic (exact) mass is 292 g/mol. The number of halogens is 2. The van der Waals surface area contributed by atoms with Crippen molar-refractivity contribution in [3.05, 3.63) is 57.8 Å². The molecule has 0 aliphatic carbocycles. The minimum absolute atomic E-state index is 0.0547. The van der Waals surface area contributed by atoms with Crippen molar-refractivity contribution >= 4 is 34.8 Å². The van der Waals surface area contributed by atoms with E-state index in [-0.39, 0.29) is 5.91 Å². The Bertz CT molecular complexity index is 658. The van der Waals surface area contributed by atoms with Crippen molar-refractivity contribution in [1.82, 2.24) is 4.98 Å². The zero-order valence-electron chi connectivity index (χ0n) is 9.94. The fourth-order valence-corrected chi connectivity index (χ4v) is 2.55. The van der Waals surface area contributed by atoms with Gasteiger partial charge >= 0.3 is 0 Å². The lowest BCUT2D eigenvalue weighted by Gasteiger charge is -2.17. The summed E-state index contributed by atoms with van der Waals surface area (Å²) in [7, 11) is 0. The van der Waals surface area contributed by atoms with Crippen LogP contribution in [0.1, 0.15) is 11.3 Å². The molecule has 2 heterocycles. The third-order valence-corrected chi connectivity index (χ3v) is 3.55. The third-order valence-electron chi connectivity index (χ3n) is 3.08. The van der Waals surface area contributed by atoms with Crippen LogP contribution in [0, 0.1) is 0 Å². The van der Waals surface area contributed by atoms with E-state index in [0.29, 0.717) is 23.0 Å². The Morgan fingerprint density at radius 3 is 2.74 bits per heavy atom. The molecule has 1 aliphatic heterocycles. The van der Waals surface area contributed by atoms with Gasteiger partial charge in [0.15, 0.2) is 0 Å². The number of rotatable bonds is 2. The van der Waals surface area contributed by atoms with Gasteiger partial charge in [0.05, 0.1) is 18.7 Å². The maximum atomic E-state index is 12.1. The number of benzene rings is 1. The van der Waals surface area contributed by atoms with Gasteiger partial charge in [0.2, 0.25) is 5.91 Å². The molecule has 0 fully saturated rings. The predicted octanol–water partition coefficient (Wildman–Crippen LogP) is 3.48. The molecular weight excluding hydrogens is 283 g/mol. The first-order valence-corrected chi connectivity index (χ1v) is 6.58. The summed E-state index contributed by atoms with van der Waals surface area (Å²) in [5, 5.41) is 1.24. The van der Waals surface area contributed by atoms with Crippen molar-refractivity contribution in [2.24, 2.45) is 0 Å². The van der Waals surface area contributed by atoms with Gasteiger partial charge in [-0.3, -0.25) is 9.78 Å². The number of carbonyl (C=O) groups excluding carboxylic acids is 1. The molecule has 3 rings (SSSR count). The average molecular weight is 293 g/mol. The molecule has 96 valence electrons. The maximum absolute atomic E-state index is 12.1. The van der Waals surface area contributed by atoms with Gasteiger partial charge in [-0.25, -0.2) is 0 Å². The number of amides is 1. The van der Waals surface area contributed by atoms with Crippen molar-refractivity contribution < 1.29 is 4.79 Å². The zero-order chi connectivity index (χ0) is 13.4. The summed E-state index contributed by atoms with van der Waals surface area (Å²) >= 11 is 11.9. The SMILES string of the molecule is O=C1Cc2ccc(Cl)cc2N1Cc1cc(Cl)ccn1. The van der Waals surface area contributed by atoms with Crippen molar-refractivity contribution in [2.75, 3.05) is 4.90 Å². The van der Waals surface area contributed by atoms with Gasteiger partial charge in [0.1, 0.15) is 0 Å². The summed E-state index contributed by atoms with van der Waals surface area (Å²) < 4.78 is 0. The fourth-order valence-electron chi connectivity index (χ4n) is 2.20. The Morgan fingerprint density at radius 1 is 1.16 bits per heavy atom. The van der Waals surface area contributed by atoms with Crippen LogP contribution >= 0.6 is 23.2 Å². The van der Waals surface area contributed by atoms with Crippen LogP contribution in [0.25, 0.3) is 0 Å². The largest absolute Gasteiger partial charge is 0.306 e. The number of carbonyl (C=O) groups is 1. The van der Waals surface area contributed by atoms with Crippen molar-refractivity contribution in [1.29, 1.82) is 0 Å². The number of pyridine rings is 1. The maximum Gasteiger partial charge on any atom is 0.231 e. The Hall–Kier alpha value is -1.58. The second kappa shape index (κ2) is 4.83. The molecule has 5 heteroatoms. The zero-order valence-corrected chi connectivity index (χ0v) is 11.4. The second-order valence-corrected chi connectivity index (χ2v) is 5.27. The summed E-state index contributed by atoms with van der Waals surface area (Å²) in [4.78, 5) is 18.0. The summed E-state index contributed by atoms with van der Waals surface area (Å²) in [6.45, 7) is 0.409. The van der Waals surface area contributed by atoms with E-state index >= 15 is 0 Å². The highest BCUT2D eigenvalue weighted by Gasteiger charge is 2.27. The minimum Gasteiger partial charge on any atom is -0.306 e. The molecule has 2 aromatic rings. The molecule has 1 aliphatic rings. The summed E-state index contributed by atoms with van der Waals surface area (Å²) in [6, 6.07) is 8.97. The number of hydrogen-bond donors (Lipinski definition) is 0. The minimum atomic E-state index is 0.0547. The van der Waals surface area contributed by atoms with E-state index in [9.17, 15) is 4.79 Å². The third kappa shape index (κ3) is 2.44. The van der Waals surface area contributed by atoms with Crippen LogP contribution in [-0.4, -0.2) is 10.9 Å². The first-order valence-electron chi connectivity index (χ1n) is 5.83. The summed E-state index contributed by atoms with van der Waals surface area (Å²) in [6.07, 6.45) is 2.05. The Kier molecular flexibility index (Phi) is 3.17. The number of fused-ring (bicyclic) bond motifs is 1. The molecule has 1 aromatic carbocycles. The Labute approximate surface area is 120 Å². The van der Waals surface area contributed by atoms with Gasteiger partial charge in [0, 0.05) is 21.9 Å². The standard InChI is InChI=1S/C14H10Cl2N2O/c15-10-2-1-9-5-14(19)18(13(9)7-10)8-12-6-11(16)3-4-17-12/h1-4,6-7H,5,8H2. The quantitative estimate of drug-likeness (QED) is 0.849. The Balaban J connectivity index is 1.94. The predicted molar refractivity (Wildman–Crippen MR) is 75.6 cm³/mol. The highest BCUT2D eigenvalue weighted by Crippen LogP contribution is 2.32. The molecule has 0 radical (unpaired) electrons. The number of aromatic nitrogens is 1. The molecule has 0 saturated heterocycles. The van der Waals surface area contributed by atoms with Crippen molar-refractivity contribution in [3.63, 3.8) is 0 Å². The van der Waals surface area contributed by atoms with Crippen LogP contribution in [-0.2, 0) is 17.8 Å². The van der Waals surface area contributed by atoms with Crippen LogP contribution in [0.5, 0.6) is 0 Å². The first kappa shape index (κ1) is 12.5. The molecular formula is C14H10Cl2N2O. The lowest BCUT2D eigenvalue weighted by atomic mass is 10.2. The second-order valence-electron chi connectivity index (χ2n) is 4.40. The lowest BCUT2D eigenvalue weighted by molar-refractivity contribution is -0.117. The van der Waals surface area contributed by atoms with Gasteiger partial charge in [0.25, 0.3) is 0 Å². The van der Waals surface area contributed by atoms with E-state index in [4.69, 9.17) is 23.2 Å². The highest BCUT2D eigenvalue weighted by molar-refractivity contribution is 6.31.